The van der Waals surface area contributed by atoms with Crippen molar-refractivity contribution in [2.75, 3.05) is 27.3 Å². The Bertz CT molecular complexity index is 680. The van der Waals surface area contributed by atoms with Crippen molar-refractivity contribution in [2.24, 2.45) is 10.3 Å². The van der Waals surface area contributed by atoms with Crippen LogP contribution in [0.2, 0.25) is 0 Å². The SMILES string of the molecule is CON=C(C)C(=NOC)C(=O)N1CCC(NC(=O)c2ccccc2)CC1. The lowest BCUT2D eigenvalue weighted by atomic mass is 10.0. The molecule has 140 valence electrons. The Labute approximate surface area is 152 Å². The van der Waals surface area contributed by atoms with Gasteiger partial charge in [0.15, 0.2) is 5.71 Å². The van der Waals surface area contributed by atoms with E-state index in [0.29, 0.717) is 37.2 Å². The van der Waals surface area contributed by atoms with Crippen LogP contribution in [0.1, 0.15) is 30.1 Å². The normalized spacial score (nSPS) is 16.2. The third-order valence-electron chi connectivity index (χ3n) is 4.11. The van der Waals surface area contributed by atoms with E-state index in [2.05, 4.69) is 15.6 Å². The number of hydrogen-bond donors (Lipinski definition) is 1. The Morgan fingerprint density at radius 3 is 2.27 bits per heavy atom. The summed E-state index contributed by atoms with van der Waals surface area (Å²) in [6, 6.07) is 9.12. The Hall–Kier alpha value is -2.90. The fraction of sp³-hybridized carbons (Fsp3) is 0.444. The van der Waals surface area contributed by atoms with Gasteiger partial charge in [0.05, 0.1) is 0 Å². The van der Waals surface area contributed by atoms with Crippen LogP contribution >= 0.6 is 0 Å². The predicted molar refractivity (Wildman–Crippen MR) is 98.1 cm³/mol. The molecule has 0 unspecified atom stereocenters. The van der Waals surface area contributed by atoms with Crippen LogP contribution in [0.25, 0.3) is 0 Å². The molecular formula is C18H24N4O4. The van der Waals surface area contributed by atoms with Crippen LogP contribution in [0.5, 0.6) is 0 Å². The second kappa shape index (κ2) is 9.55. The van der Waals surface area contributed by atoms with Crippen LogP contribution in [-0.2, 0) is 14.5 Å². The summed E-state index contributed by atoms with van der Waals surface area (Å²) in [6.07, 6.45) is 1.34. The molecule has 1 fully saturated rings. The highest BCUT2D eigenvalue weighted by atomic mass is 16.6. The number of nitrogens with one attached hydrogen (secondary N) is 1. The molecule has 1 aliphatic rings. The van der Waals surface area contributed by atoms with Crippen LogP contribution < -0.4 is 5.32 Å². The van der Waals surface area contributed by atoms with E-state index in [1.54, 1.807) is 24.0 Å². The van der Waals surface area contributed by atoms with Gasteiger partial charge in [-0.1, -0.05) is 28.5 Å². The number of rotatable bonds is 6. The number of carbonyl (C=O) groups excluding carboxylic acids is 2. The highest BCUT2D eigenvalue weighted by Gasteiger charge is 2.28. The number of piperidine rings is 1. The molecule has 0 atom stereocenters. The lowest BCUT2D eigenvalue weighted by Crippen LogP contribution is -2.49. The Morgan fingerprint density at radius 1 is 1.08 bits per heavy atom. The van der Waals surface area contributed by atoms with Crippen LogP contribution in [-0.4, -0.2) is 61.5 Å². The minimum Gasteiger partial charge on any atom is -0.399 e. The first kappa shape index (κ1) is 19.4. The van der Waals surface area contributed by atoms with E-state index in [1.807, 2.05) is 18.2 Å². The van der Waals surface area contributed by atoms with E-state index in [1.165, 1.54) is 14.2 Å². The standard InChI is InChI=1S/C18H24N4O4/c1-13(20-25-2)16(21-26-3)18(24)22-11-9-15(10-12-22)19-17(23)14-7-5-4-6-8-14/h4-8,15H,9-12H2,1-3H3,(H,19,23). The first-order valence-electron chi connectivity index (χ1n) is 8.41. The number of likely N-dealkylation sites (tertiary alicyclic amines) is 1. The van der Waals surface area contributed by atoms with Gasteiger partial charge in [0.25, 0.3) is 11.8 Å². The van der Waals surface area contributed by atoms with Gasteiger partial charge in [0.1, 0.15) is 19.9 Å². The van der Waals surface area contributed by atoms with Crippen molar-refractivity contribution in [1.29, 1.82) is 0 Å². The molecule has 8 heteroatoms. The Balaban J connectivity index is 1.92. The molecular weight excluding hydrogens is 336 g/mol. The zero-order valence-electron chi connectivity index (χ0n) is 15.3. The van der Waals surface area contributed by atoms with Gasteiger partial charge in [-0.25, -0.2) is 0 Å². The van der Waals surface area contributed by atoms with E-state index in [0.717, 1.165) is 0 Å². The van der Waals surface area contributed by atoms with Crippen molar-refractivity contribution in [3.63, 3.8) is 0 Å². The molecule has 0 bridgehead atoms. The maximum atomic E-state index is 12.6. The predicted octanol–water partition coefficient (Wildman–Crippen LogP) is 1.43. The van der Waals surface area contributed by atoms with Crippen molar-refractivity contribution < 1.29 is 19.3 Å². The molecule has 1 aliphatic heterocycles. The van der Waals surface area contributed by atoms with Crippen LogP contribution in [0.15, 0.2) is 40.6 Å². The van der Waals surface area contributed by atoms with Crippen molar-refractivity contribution in [2.45, 2.75) is 25.8 Å². The van der Waals surface area contributed by atoms with Gasteiger partial charge in [-0.05, 0) is 31.9 Å². The zero-order chi connectivity index (χ0) is 18.9. The van der Waals surface area contributed by atoms with Gasteiger partial charge in [0, 0.05) is 24.7 Å². The highest BCUT2D eigenvalue weighted by molar-refractivity contribution is 6.66. The van der Waals surface area contributed by atoms with Gasteiger partial charge >= 0.3 is 0 Å². The molecule has 0 aliphatic carbocycles. The van der Waals surface area contributed by atoms with Gasteiger partial charge in [-0.3, -0.25) is 9.59 Å². The van der Waals surface area contributed by atoms with Crippen LogP contribution in [0.3, 0.4) is 0 Å². The summed E-state index contributed by atoms with van der Waals surface area (Å²) in [5.74, 6) is -0.363. The largest absolute Gasteiger partial charge is 0.399 e. The fourth-order valence-corrected chi connectivity index (χ4v) is 2.77. The maximum Gasteiger partial charge on any atom is 0.277 e. The summed E-state index contributed by atoms with van der Waals surface area (Å²) >= 11 is 0. The number of hydrogen-bond acceptors (Lipinski definition) is 6. The average molecular weight is 360 g/mol. The molecule has 0 saturated carbocycles. The van der Waals surface area contributed by atoms with Crippen LogP contribution in [0.4, 0.5) is 0 Å². The number of nitrogens with zero attached hydrogens (tertiary/aromatic N) is 3. The molecule has 1 aromatic carbocycles. The molecule has 8 nitrogen and oxygen atoms in total. The van der Waals surface area contributed by atoms with E-state index < -0.39 is 0 Å². The number of benzene rings is 1. The molecule has 0 radical (unpaired) electrons. The minimum atomic E-state index is -0.266. The molecule has 2 rings (SSSR count). The van der Waals surface area contributed by atoms with Crippen molar-refractivity contribution in [1.82, 2.24) is 10.2 Å². The number of oxime groups is 2. The quantitative estimate of drug-likeness (QED) is 0.614. The van der Waals surface area contributed by atoms with E-state index in [4.69, 9.17) is 9.68 Å². The van der Waals surface area contributed by atoms with Crippen LogP contribution in [0, 0.1) is 0 Å². The second-order valence-corrected chi connectivity index (χ2v) is 5.89. The maximum absolute atomic E-state index is 12.6. The van der Waals surface area contributed by atoms with Crippen molar-refractivity contribution in [3.05, 3.63) is 35.9 Å². The average Bonchev–Trinajstić information content (AvgIpc) is 2.67. The van der Waals surface area contributed by atoms with E-state index >= 15 is 0 Å². The molecule has 2 amide bonds. The topological polar surface area (TPSA) is 92.6 Å². The third kappa shape index (κ3) is 5.05. The first-order chi connectivity index (χ1) is 12.6. The number of amides is 2. The van der Waals surface area contributed by atoms with Crippen molar-refractivity contribution >= 4 is 23.2 Å². The first-order valence-corrected chi connectivity index (χ1v) is 8.41. The summed E-state index contributed by atoms with van der Waals surface area (Å²) in [7, 11) is 2.78. The minimum absolute atomic E-state index is 0.0308. The molecule has 26 heavy (non-hydrogen) atoms. The summed E-state index contributed by atoms with van der Waals surface area (Å²) in [4.78, 5) is 36.0. The lowest BCUT2D eigenvalue weighted by Gasteiger charge is -2.32. The summed E-state index contributed by atoms with van der Waals surface area (Å²) in [5.41, 5.74) is 1.09. The molecule has 1 aromatic rings. The second-order valence-electron chi connectivity index (χ2n) is 5.89. The third-order valence-corrected chi connectivity index (χ3v) is 4.11. The summed E-state index contributed by atoms with van der Waals surface area (Å²) in [5, 5.41) is 10.5. The smallest absolute Gasteiger partial charge is 0.277 e. The monoisotopic (exact) mass is 360 g/mol. The van der Waals surface area contributed by atoms with E-state index in [9.17, 15) is 9.59 Å². The molecule has 1 N–H and O–H groups in total. The summed E-state index contributed by atoms with van der Waals surface area (Å²) in [6.45, 7) is 2.66. The molecule has 1 heterocycles. The van der Waals surface area contributed by atoms with Gasteiger partial charge < -0.3 is 19.9 Å². The van der Waals surface area contributed by atoms with Gasteiger partial charge in [0.2, 0.25) is 0 Å². The van der Waals surface area contributed by atoms with Crippen molar-refractivity contribution in [3.8, 4) is 0 Å². The van der Waals surface area contributed by atoms with Gasteiger partial charge in [-0.2, -0.15) is 0 Å². The molecule has 0 spiro atoms. The molecule has 1 saturated heterocycles. The summed E-state index contributed by atoms with van der Waals surface area (Å²) < 4.78 is 0. The Morgan fingerprint density at radius 2 is 1.69 bits per heavy atom. The zero-order valence-corrected chi connectivity index (χ0v) is 15.3. The lowest BCUT2D eigenvalue weighted by molar-refractivity contribution is -0.125. The van der Waals surface area contributed by atoms with E-state index in [-0.39, 0.29) is 23.6 Å². The van der Waals surface area contributed by atoms with Gasteiger partial charge in [-0.15, -0.1) is 0 Å². The molecule has 0 aromatic heterocycles. The Kier molecular flexibility index (Phi) is 7.13. The highest BCUT2D eigenvalue weighted by Crippen LogP contribution is 2.12. The number of carbonyl (C=O) groups is 2. The fourth-order valence-electron chi connectivity index (χ4n) is 2.77.